The lowest BCUT2D eigenvalue weighted by Crippen LogP contribution is -2.19. The molecule has 3 rings (SSSR count). The van der Waals surface area contributed by atoms with Crippen molar-refractivity contribution in [3.05, 3.63) is 45.8 Å². The van der Waals surface area contributed by atoms with Gasteiger partial charge in [-0.2, -0.15) is 13.2 Å². The Balaban J connectivity index is 2.01. The Hall–Kier alpha value is -1.82. The fourth-order valence-electron chi connectivity index (χ4n) is 3.52. The van der Waals surface area contributed by atoms with Crippen LogP contribution in [0.3, 0.4) is 0 Å². The minimum atomic E-state index is -4.48. The van der Waals surface area contributed by atoms with Gasteiger partial charge in [-0.3, -0.25) is 0 Å². The van der Waals surface area contributed by atoms with Crippen LogP contribution in [0.1, 0.15) is 30.4 Å². The van der Waals surface area contributed by atoms with Gasteiger partial charge in [0.1, 0.15) is 5.58 Å². The number of hydrogen-bond acceptors (Lipinski definition) is 3. The summed E-state index contributed by atoms with van der Waals surface area (Å²) in [5, 5.41) is -0.0367. The van der Waals surface area contributed by atoms with E-state index in [1.54, 1.807) is 0 Å². The predicted molar refractivity (Wildman–Crippen MR) is 86.0 cm³/mol. The molecule has 130 valence electrons. The lowest BCUT2D eigenvalue weighted by atomic mass is 9.89. The molecule has 1 aromatic carbocycles. The van der Waals surface area contributed by atoms with Gasteiger partial charge in [0.2, 0.25) is 0 Å². The number of benzene rings is 1. The van der Waals surface area contributed by atoms with Crippen LogP contribution in [0.15, 0.2) is 33.5 Å². The third-order valence-corrected chi connectivity index (χ3v) is 4.75. The highest BCUT2D eigenvalue weighted by atomic mass is 19.4. The molecule has 24 heavy (non-hydrogen) atoms. The molecule has 0 amide bonds. The molecule has 1 aliphatic heterocycles. The van der Waals surface area contributed by atoms with Crippen LogP contribution >= 0.6 is 0 Å². The van der Waals surface area contributed by atoms with Gasteiger partial charge < -0.3 is 9.32 Å². The number of nitrogens with zero attached hydrogens (tertiary/aromatic N) is 1. The summed E-state index contributed by atoms with van der Waals surface area (Å²) in [6.07, 6.45) is -1.24. The van der Waals surface area contributed by atoms with Crippen LogP contribution in [-0.2, 0) is 12.6 Å². The standard InChI is InChI=1S/C18H20F3NO2/c1-22-9-2-3-12(8-10-22)11-13-4-6-15-14(5-7-16(23)24-15)17(13)18(19,20)21/h4-7,12H,2-3,8-11H2,1H3. The molecule has 1 aliphatic rings. The first-order valence-corrected chi connectivity index (χ1v) is 8.16. The number of fused-ring (bicyclic) bond motifs is 1. The number of alkyl halides is 3. The van der Waals surface area contributed by atoms with Crippen molar-refractivity contribution in [2.45, 2.75) is 31.9 Å². The molecule has 2 aromatic rings. The highest BCUT2D eigenvalue weighted by Crippen LogP contribution is 2.38. The van der Waals surface area contributed by atoms with Gasteiger partial charge in [0.15, 0.2) is 0 Å². The van der Waals surface area contributed by atoms with Gasteiger partial charge in [0.05, 0.1) is 5.56 Å². The molecule has 0 radical (unpaired) electrons. The maximum absolute atomic E-state index is 13.6. The first-order chi connectivity index (χ1) is 11.3. The zero-order valence-corrected chi connectivity index (χ0v) is 13.5. The fraction of sp³-hybridized carbons (Fsp3) is 0.500. The van der Waals surface area contributed by atoms with E-state index >= 15 is 0 Å². The highest BCUT2D eigenvalue weighted by molar-refractivity contribution is 5.82. The number of rotatable bonds is 2. The van der Waals surface area contributed by atoms with E-state index in [1.165, 1.54) is 18.2 Å². The van der Waals surface area contributed by atoms with E-state index in [2.05, 4.69) is 4.90 Å². The third-order valence-electron chi connectivity index (χ3n) is 4.75. The smallest absolute Gasteiger partial charge is 0.417 e. The van der Waals surface area contributed by atoms with E-state index < -0.39 is 17.4 Å². The number of likely N-dealkylation sites (tertiary alicyclic amines) is 1. The molecule has 6 heteroatoms. The Bertz CT molecular complexity index is 782. The van der Waals surface area contributed by atoms with Crippen LogP contribution in [0, 0.1) is 5.92 Å². The molecule has 0 N–H and O–H groups in total. The summed E-state index contributed by atoms with van der Waals surface area (Å²) in [6.45, 7) is 1.90. The Morgan fingerprint density at radius 1 is 1.17 bits per heavy atom. The molecule has 0 saturated carbocycles. The molecule has 1 atom stereocenters. The number of halogens is 3. The van der Waals surface area contributed by atoms with E-state index in [0.29, 0.717) is 12.0 Å². The summed E-state index contributed by atoms with van der Waals surface area (Å²) in [5.41, 5.74) is -1.03. The largest absolute Gasteiger partial charge is 0.423 e. The van der Waals surface area contributed by atoms with Crippen molar-refractivity contribution < 1.29 is 17.6 Å². The van der Waals surface area contributed by atoms with Gasteiger partial charge in [-0.1, -0.05) is 6.07 Å². The second-order valence-electron chi connectivity index (χ2n) is 6.57. The Morgan fingerprint density at radius 3 is 2.71 bits per heavy atom. The quantitative estimate of drug-likeness (QED) is 0.773. The first kappa shape index (κ1) is 17.0. The monoisotopic (exact) mass is 339 g/mol. The molecular formula is C18H20F3NO2. The molecule has 0 bridgehead atoms. The van der Waals surface area contributed by atoms with Gasteiger partial charge in [0, 0.05) is 11.5 Å². The second kappa shape index (κ2) is 6.59. The Labute approximate surface area is 138 Å². The van der Waals surface area contributed by atoms with E-state index in [0.717, 1.165) is 38.4 Å². The first-order valence-electron chi connectivity index (χ1n) is 8.16. The summed E-state index contributed by atoms with van der Waals surface area (Å²) >= 11 is 0. The topological polar surface area (TPSA) is 33.5 Å². The second-order valence-corrected chi connectivity index (χ2v) is 6.57. The van der Waals surface area contributed by atoms with Crippen molar-refractivity contribution in [3.63, 3.8) is 0 Å². The minimum absolute atomic E-state index is 0.0147. The molecule has 1 saturated heterocycles. The Kier molecular flexibility index (Phi) is 4.67. The molecule has 1 fully saturated rings. The fourth-order valence-corrected chi connectivity index (χ4v) is 3.52. The average Bonchev–Trinajstić information content (AvgIpc) is 2.70. The zero-order chi connectivity index (χ0) is 17.3. The maximum Gasteiger partial charge on any atom is 0.417 e. The molecule has 3 nitrogen and oxygen atoms in total. The number of hydrogen-bond donors (Lipinski definition) is 0. The lowest BCUT2D eigenvalue weighted by Gasteiger charge is -2.19. The van der Waals surface area contributed by atoms with E-state index in [-0.39, 0.29) is 16.9 Å². The maximum atomic E-state index is 13.6. The summed E-state index contributed by atoms with van der Waals surface area (Å²) in [5.74, 6) is 0.240. The molecule has 2 heterocycles. The molecule has 1 aromatic heterocycles. The molecule has 0 spiro atoms. The van der Waals surface area contributed by atoms with E-state index in [1.807, 2.05) is 7.05 Å². The Morgan fingerprint density at radius 2 is 1.96 bits per heavy atom. The summed E-state index contributed by atoms with van der Waals surface area (Å²) in [6, 6.07) is 5.20. The van der Waals surface area contributed by atoms with Gasteiger partial charge in [-0.15, -0.1) is 0 Å². The van der Waals surface area contributed by atoms with Crippen molar-refractivity contribution in [1.29, 1.82) is 0 Å². The average molecular weight is 339 g/mol. The predicted octanol–water partition coefficient (Wildman–Crippen LogP) is 4.09. The summed E-state index contributed by atoms with van der Waals surface area (Å²) < 4.78 is 45.9. The summed E-state index contributed by atoms with van der Waals surface area (Å²) in [4.78, 5) is 13.5. The van der Waals surface area contributed by atoms with Crippen molar-refractivity contribution in [2.24, 2.45) is 5.92 Å². The van der Waals surface area contributed by atoms with E-state index in [9.17, 15) is 18.0 Å². The van der Waals surface area contributed by atoms with Crippen molar-refractivity contribution in [3.8, 4) is 0 Å². The van der Waals surface area contributed by atoms with Crippen LogP contribution < -0.4 is 5.63 Å². The SMILES string of the molecule is CN1CCCC(Cc2ccc3oc(=O)ccc3c2C(F)(F)F)CC1. The van der Waals surface area contributed by atoms with Crippen LogP contribution in [0.5, 0.6) is 0 Å². The molecule has 0 aliphatic carbocycles. The molecular weight excluding hydrogens is 319 g/mol. The summed E-state index contributed by atoms with van der Waals surface area (Å²) in [7, 11) is 2.04. The minimum Gasteiger partial charge on any atom is -0.423 e. The van der Waals surface area contributed by atoms with Crippen molar-refractivity contribution in [1.82, 2.24) is 4.90 Å². The highest BCUT2D eigenvalue weighted by Gasteiger charge is 2.36. The van der Waals surface area contributed by atoms with Crippen LogP contribution in [0.2, 0.25) is 0 Å². The zero-order valence-electron chi connectivity index (χ0n) is 13.5. The van der Waals surface area contributed by atoms with Crippen molar-refractivity contribution >= 4 is 11.0 Å². The normalized spacial score (nSPS) is 20.2. The van der Waals surface area contributed by atoms with E-state index in [4.69, 9.17) is 4.42 Å². The third kappa shape index (κ3) is 3.64. The van der Waals surface area contributed by atoms with Crippen LogP contribution in [0.4, 0.5) is 13.2 Å². The van der Waals surface area contributed by atoms with Gasteiger partial charge in [-0.05, 0) is 69.4 Å². The van der Waals surface area contributed by atoms with Gasteiger partial charge >= 0.3 is 11.8 Å². The lowest BCUT2D eigenvalue weighted by molar-refractivity contribution is -0.137. The molecule has 1 unspecified atom stereocenters. The van der Waals surface area contributed by atoms with Gasteiger partial charge in [-0.25, -0.2) is 4.79 Å². The van der Waals surface area contributed by atoms with Crippen LogP contribution in [0.25, 0.3) is 11.0 Å². The van der Waals surface area contributed by atoms with Gasteiger partial charge in [0.25, 0.3) is 0 Å². The van der Waals surface area contributed by atoms with Crippen molar-refractivity contribution in [2.75, 3.05) is 20.1 Å². The van der Waals surface area contributed by atoms with Crippen LogP contribution in [-0.4, -0.2) is 25.0 Å².